The van der Waals surface area contributed by atoms with E-state index in [1.165, 1.54) is 0 Å². The van der Waals surface area contributed by atoms with E-state index >= 15 is 0 Å². The average molecular weight is 76.1 g/mol. The Kier molecular flexibility index (Phi) is 3.86. The van der Waals surface area contributed by atoms with E-state index < -0.39 is 0 Å². The van der Waals surface area contributed by atoms with Gasteiger partial charge in [0, 0.05) is 0 Å². The second-order valence-electron chi connectivity index (χ2n) is 0.354. The van der Waals surface area contributed by atoms with E-state index in [-0.39, 0.29) is 0 Å². The molecular formula is C3H8O2. The predicted octanol–water partition coefficient (Wildman–Crippen LogP) is 0.932. The minimum absolute atomic E-state index is 0.500. The molecule has 0 unspecified atom stereocenters. The third-order valence-electron chi connectivity index (χ3n) is 0.118. The van der Waals surface area contributed by atoms with Gasteiger partial charge in [0.25, 0.3) is 0 Å². The third kappa shape index (κ3) is 17.1. The summed E-state index contributed by atoms with van der Waals surface area (Å²) in [4.78, 5) is 8.00. The first-order valence-corrected chi connectivity index (χ1v) is 1.74. The lowest BCUT2D eigenvalue weighted by Crippen LogP contribution is -1.16. The molecule has 0 aliphatic carbocycles. The normalized spacial score (nSPS) is 15.6. The monoisotopic (exact) mass is 76.1 g/mol. The van der Waals surface area contributed by atoms with Crippen LogP contribution in [0, 0.1) is 0 Å². The summed E-state index contributed by atoms with van der Waals surface area (Å²) in [5.41, 5.74) is 0. The van der Waals surface area contributed by atoms with E-state index in [2.05, 4.69) is 9.78 Å². The van der Waals surface area contributed by atoms with Gasteiger partial charge in [-0.25, -0.2) is 9.78 Å². The molecule has 2 nitrogen and oxygen atoms in total. The van der Waals surface area contributed by atoms with E-state index in [1.807, 2.05) is 13.8 Å². The minimum Gasteiger partial charge on any atom is -0.202 e. The van der Waals surface area contributed by atoms with Crippen molar-refractivity contribution in [2.75, 3.05) is 6.79 Å². The van der Waals surface area contributed by atoms with Crippen molar-refractivity contribution in [3.05, 3.63) is 0 Å². The van der Waals surface area contributed by atoms with Crippen LogP contribution < -0.4 is 0 Å². The van der Waals surface area contributed by atoms with Crippen molar-refractivity contribution < 1.29 is 9.78 Å². The van der Waals surface area contributed by atoms with Gasteiger partial charge in [-0.05, 0) is 0 Å². The van der Waals surface area contributed by atoms with E-state index in [1.54, 1.807) is 0 Å². The van der Waals surface area contributed by atoms with E-state index in [0.717, 1.165) is 0 Å². The fourth-order valence-corrected chi connectivity index (χ4v) is 0. The Balaban J connectivity index is 0.0000000733. The Hall–Kier alpha value is -0.0800. The highest BCUT2D eigenvalue weighted by Crippen LogP contribution is 1.89. The maximum absolute atomic E-state index is 4.00. The Bertz CT molecular complexity index is 9.61. The van der Waals surface area contributed by atoms with Crippen LogP contribution in [0.5, 0.6) is 0 Å². The molecule has 0 radical (unpaired) electrons. The smallest absolute Gasteiger partial charge is 0.202 e. The maximum Gasteiger partial charge on any atom is 0.214 e. The van der Waals surface area contributed by atoms with Crippen LogP contribution in [0.1, 0.15) is 13.8 Å². The first-order chi connectivity index (χ1) is 2.50. The molecule has 0 saturated carbocycles. The zero-order valence-electron chi connectivity index (χ0n) is 3.52. The van der Waals surface area contributed by atoms with Gasteiger partial charge in [0.05, 0.1) is 0 Å². The van der Waals surface area contributed by atoms with Crippen LogP contribution in [-0.2, 0) is 9.78 Å². The molecule has 1 fully saturated rings. The van der Waals surface area contributed by atoms with Gasteiger partial charge >= 0.3 is 0 Å². The highest BCUT2D eigenvalue weighted by Gasteiger charge is 1.95. The second kappa shape index (κ2) is 3.92. The van der Waals surface area contributed by atoms with Crippen molar-refractivity contribution in [3.8, 4) is 0 Å². The van der Waals surface area contributed by atoms with Crippen LogP contribution in [0.2, 0.25) is 0 Å². The van der Waals surface area contributed by atoms with Crippen LogP contribution in [0.3, 0.4) is 0 Å². The molecule has 0 N–H and O–H groups in total. The topological polar surface area (TPSA) is 25.1 Å². The van der Waals surface area contributed by atoms with Crippen molar-refractivity contribution in [1.82, 2.24) is 0 Å². The van der Waals surface area contributed by atoms with Gasteiger partial charge in [0.15, 0.2) is 0 Å². The number of rotatable bonds is 0. The molecule has 0 spiro atoms. The van der Waals surface area contributed by atoms with Crippen LogP contribution in [0.25, 0.3) is 0 Å². The summed E-state index contributed by atoms with van der Waals surface area (Å²) in [6.07, 6.45) is 0. The van der Waals surface area contributed by atoms with Crippen LogP contribution in [-0.4, -0.2) is 6.79 Å². The molecule has 0 amide bonds. The van der Waals surface area contributed by atoms with Crippen molar-refractivity contribution in [3.63, 3.8) is 0 Å². The minimum atomic E-state index is 0.500. The molecule has 1 rings (SSSR count). The van der Waals surface area contributed by atoms with E-state index in [9.17, 15) is 0 Å². The van der Waals surface area contributed by atoms with Crippen molar-refractivity contribution in [1.29, 1.82) is 0 Å². The molecule has 0 aromatic carbocycles. The van der Waals surface area contributed by atoms with Crippen LogP contribution in [0.15, 0.2) is 0 Å². The third-order valence-corrected chi connectivity index (χ3v) is 0.118. The van der Waals surface area contributed by atoms with E-state index in [0.29, 0.717) is 6.79 Å². The highest BCUT2D eigenvalue weighted by atomic mass is 17.4. The summed E-state index contributed by atoms with van der Waals surface area (Å²) in [7, 11) is 0. The molecule has 1 heterocycles. The molecular weight excluding hydrogens is 68.0 g/mol. The van der Waals surface area contributed by atoms with Gasteiger partial charge in [-0.2, -0.15) is 0 Å². The summed E-state index contributed by atoms with van der Waals surface area (Å²) < 4.78 is 0. The largest absolute Gasteiger partial charge is 0.214 e. The van der Waals surface area contributed by atoms with Gasteiger partial charge in [0.2, 0.25) is 6.79 Å². The Morgan fingerprint density at radius 2 is 1.40 bits per heavy atom. The maximum atomic E-state index is 4.00. The molecule has 0 aromatic rings. The first-order valence-electron chi connectivity index (χ1n) is 1.74. The average Bonchev–Trinajstić information content (AvgIpc) is 2.19. The molecule has 1 aliphatic heterocycles. The standard InChI is InChI=1S/C2H6.CH2O2/c1-2;1-2-3-1/h1-2H3;1H2. The summed E-state index contributed by atoms with van der Waals surface area (Å²) in [5, 5.41) is 0. The first kappa shape index (κ1) is 4.92. The quantitative estimate of drug-likeness (QED) is 0.317. The fourth-order valence-electron chi connectivity index (χ4n) is 0. The van der Waals surface area contributed by atoms with Gasteiger partial charge in [-0.1, -0.05) is 13.8 Å². The van der Waals surface area contributed by atoms with Crippen molar-refractivity contribution in [2.45, 2.75) is 13.8 Å². The highest BCUT2D eigenvalue weighted by molar-refractivity contribution is 3.87. The molecule has 5 heavy (non-hydrogen) atoms. The van der Waals surface area contributed by atoms with Gasteiger partial charge in [0.1, 0.15) is 0 Å². The lowest BCUT2D eigenvalue weighted by atomic mass is 11.0. The zero-order valence-corrected chi connectivity index (χ0v) is 3.52. The van der Waals surface area contributed by atoms with Crippen LogP contribution >= 0.6 is 0 Å². The fraction of sp³-hybridized carbons (Fsp3) is 1.00. The van der Waals surface area contributed by atoms with Crippen LogP contribution in [0.4, 0.5) is 0 Å². The Labute approximate surface area is 31.6 Å². The van der Waals surface area contributed by atoms with Gasteiger partial charge in [-0.3, -0.25) is 0 Å². The van der Waals surface area contributed by atoms with Crippen molar-refractivity contribution >= 4 is 0 Å². The Morgan fingerprint density at radius 1 is 1.20 bits per heavy atom. The summed E-state index contributed by atoms with van der Waals surface area (Å²) >= 11 is 0. The molecule has 0 bridgehead atoms. The summed E-state index contributed by atoms with van der Waals surface area (Å²) in [6.45, 7) is 4.50. The molecule has 32 valence electrons. The second-order valence-corrected chi connectivity index (χ2v) is 0.354. The lowest BCUT2D eigenvalue weighted by molar-refractivity contribution is 0.0850. The lowest BCUT2D eigenvalue weighted by Gasteiger charge is -1.20. The molecule has 0 atom stereocenters. The summed E-state index contributed by atoms with van der Waals surface area (Å²) in [5.74, 6) is 0. The molecule has 1 saturated heterocycles. The number of hydrogen-bond acceptors (Lipinski definition) is 2. The zero-order chi connectivity index (χ0) is 4.12. The summed E-state index contributed by atoms with van der Waals surface area (Å²) in [6, 6.07) is 0. The predicted molar refractivity (Wildman–Crippen MR) is 18.4 cm³/mol. The van der Waals surface area contributed by atoms with Crippen molar-refractivity contribution in [2.24, 2.45) is 0 Å². The SMILES string of the molecule is C1OO1.CC. The number of hydrogen-bond donors (Lipinski definition) is 0. The van der Waals surface area contributed by atoms with Gasteiger partial charge in [-0.15, -0.1) is 0 Å². The molecule has 0 aromatic heterocycles. The van der Waals surface area contributed by atoms with E-state index in [4.69, 9.17) is 0 Å². The Morgan fingerprint density at radius 3 is 1.40 bits per heavy atom. The van der Waals surface area contributed by atoms with Gasteiger partial charge < -0.3 is 0 Å². The molecule has 2 heteroatoms. The molecule has 1 aliphatic rings.